The second kappa shape index (κ2) is 4.26. The monoisotopic (exact) mass is 226 g/mol. The highest BCUT2D eigenvalue weighted by Gasteiger charge is 2.01. The topological polar surface area (TPSA) is 16.1 Å². The molecule has 0 amide bonds. The van der Waals surface area contributed by atoms with Crippen molar-refractivity contribution in [2.45, 2.75) is 0 Å². The fourth-order valence-electron chi connectivity index (χ4n) is 0.969. The van der Waals surface area contributed by atoms with Crippen molar-refractivity contribution in [3.63, 3.8) is 0 Å². The molecule has 1 rings (SSSR count). The van der Waals surface area contributed by atoms with E-state index in [9.17, 15) is 0 Å². The molecule has 0 N–H and O–H groups in total. The van der Waals surface area contributed by atoms with Crippen LogP contribution in [0.15, 0.2) is 35.6 Å². The van der Waals surface area contributed by atoms with Crippen LogP contribution in [0.2, 0.25) is 0 Å². The number of anilines is 1. The van der Waals surface area contributed by atoms with Crippen molar-refractivity contribution in [2.75, 3.05) is 18.5 Å². The van der Waals surface area contributed by atoms with Gasteiger partial charge in [0.1, 0.15) is 0 Å². The van der Waals surface area contributed by atoms with E-state index in [2.05, 4.69) is 32.4 Å². The minimum atomic E-state index is 0.836. The number of aromatic nitrogens is 1. The average Bonchev–Trinajstić information content (AvgIpc) is 2.05. The second-order valence-corrected chi connectivity index (χ2v) is 3.35. The van der Waals surface area contributed by atoms with Crippen molar-refractivity contribution in [3.8, 4) is 0 Å². The standard InChI is InChI=1S/C9H11BrN2/c1-3-6-12(2)9-4-5-11-7-8(9)10/h3-5,7H,1,6H2,2H3. The predicted molar refractivity (Wildman–Crippen MR) is 55.4 cm³/mol. The van der Waals surface area contributed by atoms with Gasteiger partial charge in [-0.05, 0) is 22.0 Å². The molecule has 0 aliphatic rings. The summed E-state index contributed by atoms with van der Waals surface area (Å²) in [5.41, 5.74) is 1.13. The van der Waals surface area contributed by atoms with Crippen molar-refractivity contribution in [3.05, 3.63) is 35.6 Å². The van der Waals surface area contributed by atoms with Crippen LogP contribution in [0.5, 0.6) is 0 Å². The molecule has 1 heterocycles. The van der Waals surface area contributed by atoms with Crippen LogP contribution in [0, 0.1) is 0 Å². The maximum absolute atomic E-state index is 3.99. The van der Waals surface area contributed by atoms with Crippen LogP contribution in [0.4, 0.5) is 5.69 Å². The number of hydrogen-bond acceptors (Lipinski definition) is 2. The van der Waals surface area contributed by atoms with Crippen LogP contribution in [0.3, 0.4) is 0 Å². The van der Waals surface area contributed by atoms with Crippen molar-refractivity contribution >= 4 is 21.6 Å². The number of nitrogens with zero attached hydrogens (tertiary/aromatic N) is 2. The van der Waals surface area contributed by atoms with E-state index in [-0.39, 0.29) is 0 Å². The highest BCUT2D eigenvalue weighted by molar-refractivity contribution is 9.10. The van der Waals surface area contributed by atoms with E-state index in [1.807, 2.05) is 19.2 Å². The van der Waals surface area contributed by atoms with Crippen LogP contribution < -0.4 is 4.90 Å². The van der Waals surface area contributed by atoms with Crippen LogP contribution in [-0.4, -0.2) is 18.6 Å². The minimum Gasteiger partial charge on any atom is -0.370 e. The first kappa shape index (κ1) is 9.26. The Balaban J connectivity index is 2.86. The lowest BCUT2D eigenvalue weighted by Crippen LogP contribution is -2.16. The molecule has 0 unspecified atom stereocenters. The molecule has 0 aliphatic carbocycles. The first-order chi connectivity index (χ1) is 5.75. The van der Waals surface area contributed by atoms with Crippen molar-refractivity contribution < 1.29 is 0 Å². The van der Waals surface area contributed by atoms with Gasteiger partial charge < -0.3 is 4.90 Å². The Labute approximate surface area is 81.0 Å². The Morgan fingerprint density at radius 2 is 2.50 bits per heavy atom. The molecular formula is C9H11BrN2. The van der Waals surface area contributed by atoms with Gasteiger partial charge in [-0.3, -0.25) is 4.98 Å². The number of likely N-dealkylation sites (N-methyl/N-ethyl adjacent to an activating group) is 1. The molecule has 64 valence electrons. The molecule has 0 radical (unpaired) electrons. The van der Waals surface area contributed by atoms with Gasteiger partial charge in [0.2, 0.25) is 0 Å². The predicted octanol–water partition coefficient (Wildman–Crippen LogP) is 2.47. The van der Waals surface area contributed by atoms with Gasteiger partial charge >= 0.3 is 0 Å². The summed E-state index contributed by atoms with van der Waals surface area (Å²) in [5.74, 6) is 0. The number of halogens is 1. The number of pyridine rings is 1. The molecule has 0 aliphatic heterocycles. The van der Waals surface area contributed by atoms with Crippen LogP contribution in [-0.2, 0) is 0 Å². The summed E-state index contributed by atoms with van der Waals surface area (Å²) in [4.78, 5) is 6.08. The van der Waals surface area contributed by atoms with Gasteiger partial charge in [0.05, 0.1) is 10.2 Å². The molecule has 0 spiro atoms. The van der Waals surface area contributed by atoms with E-state index in [0.717, 1.165) is 16.7 Å². The molecule has 1 aromatic heterocycles. The molecule has 2 nitrogen and oxygen atoms in total. The SMILES string of the molecule is C=CCN(C)c1ccncc1Br. The molecule has 0 saturated carbocycles. The molecule has 0 fully saturated rings. The minimum absolute atomic E-state index is 0.836. The van der Waals surface area contributed by atoms with Crippen LogP contribution in [0.1, 0.15) is 0 Å². The first-order valence-corrected chi connectivity index (χ1v) is 4.46. The van der Waals surface area contributed by atoms with Crippen LogP contribution in [0.25, 0.3) is 0 Å². The average molecular weight is 227 g/mol. The van der Waals surface area contributed by atoms with Crippen molar-refractivity contribution in [2.24, 2.45) is 0 Å². The van der Waals surface area contributed by atoms with Gasteiger partial charge in [-0.15, -0.1) is 6.58 Å². The molecule has 0 saturated heterocycles. The van der Waals surface area contributed by atoms with Gasteiger partial charge in [0.25, 0.3) is 0 Å². The maximum Gasteiger partial charge on any atom is 0.0592 e. The van der Waals surface area contributed by atoms with Gasteiger partial charge in [0, 0.05) is 26.0 Å². The largest absolute Gasteiger partial charge is 0.370 e. The summed E-state index contributed by atoms with van der Waals surface area (Å²) < 4.78 is 1.01. The second-order valence-electron chi connectivity index (χ2n) is 2.50. The third kappa shape index (κ3) is 2.08. The molecule has 0 atom stereocenters. The smallest absolute Gasteiger partial charge is 0.0592 e. The Bertz CT molecular complexity index is 273. The summed E-state index contributed by atoms with van der Waals surface area (Å²) in [6.45, 7) is 4.52. The number of rotatable bonds is 3. The zero-order valence-corrected chi connectivity index (χ0v) is 8.58. The first-order valence-electron chi connectivity index (χ1n) is 3.67. The van der Waals surface area contributed by atoms with E-state index in [1.165, 1.54) is 0 Å². The van der Waals surface area contributed by atoms with E-state index < -0.39 is 0 Å². The molecule has 0 bridgehead atoms. The lowest BCUT2D eigenvalue weighted by Gasteiger charge is -2.17. The highest BCUT2D eigenvalue weighted by atomic mass is 79.9. The normalized spacial score (nSPS) is 9.50. The Hall–Kier alpha value is -0.830. The maximum atomic E-state index is 3.99. The Kier molecular flexibility index (Phi) is 3.29. The summed E-state index contributed by atoms with van der Waals surface area (Å²) in [5, 5.41) is 0. The third-order valence-corrected chi connectivity index (χ3v) is 2.18. The summed E-state index contributed by atoms with van der Waals surface area (Å²) >= 11 is 3.43. The van der Waals surface area contributed by atoms with Crippen molar-refractivity contribution in [1.82, 2.24) is 4.98 Å². The van der Waals surface area contributed by atoms with Gasteiger partial charge in [-0.2, -0.15) is 0 Å². The van der Waals surface area contributed by atoms with E-state index in [4.69, 9.17) is 0 Å². The highest BCUT2D eigenvalue weighted by Crippen LogP contribution is 2.22. The zero-order chi connectivity index (χ0) is 8.97. The molecule has 12 heavy (non-hydrogen) atoms. The molecule has 3 heteroatoms. The lowest BCUT2D eigenvalue weighted by molar-refractivity contribution is 1.02. The van der Waals surface area contributed by atoms with Gasteiger partial charge in [-0.1, -0.05) is 6.08 Å². The summed E-state index contributed by atoms with van der Waals surface area (Å²) in [6, 6.07) is 1.97. The van der Waals surface area contributed by atoms with Gasteiger partial charge in [0.15, 0.2) is 0 Å². The van der Waals surface area contributed by atoms with E-state index in [0.29, 0.717) is 0 Å². The molecule has 0 aromatic carbocycles. The fourth-order valence-corrected chi connectivity index (χ4v) is 1.52. The Morgan fingerprint density at radius 3 is 3.08 bits per heavy atom. The summed E-state index contributed by atoms with van der Waals surface area (Å²) in [7, 11) is 2.02. The lowest BCUT2D eigenvalue weighted by atomic mass is 10.3. The number of hydrogen-bond donors (Lipinski definition) is 0. The molecular weight excluding hydrogens is 216 g/mol. The fraction of sp³-hybridized carbons (Fsp3) is 0.222. The van der Waals surface area contributed by atoms with E-state index in [1.54, 1.807) is 12.4 Å². The quantitative estimate of drug-likeness (QED) is 0.737. The third-order valence-electron chi connectivity index (χ3n) is 1.57. The zero-order valence-electron chi connectivity index (χ0n) is 7.00. The van der Waals surface area contributed by atoms with E-state index >= 15 is 0 Å². The molecule has 1 aromatic rings. The summed E-state index contributed by atoms with van der Waals surface area (Å²) in [6.07, 6.45) is 5.43. The van der Waals surface area contributed by atoms with Crippen molar-refractivity contribution in [1.29, 1.82) is 0 Å². The van der Waals surface area contributed by atoms with Gasteiger partial charge in [-0.25, -0.2) is 0 Å². The van der Waals surface area contributed by atoms with Crippen LogP contribution >= 0.6 is 15.9 Å². The Morgan fingerprint density at radius 1 is 1.75 bits per heavy atom.